The molecule has 1 rings (SSSR count). The summed E-state index contributed by atoms with van der Waals surface area (Å²) < 4.78 is 5.19. The maximum absolute atomic E-state index is 13.0. The molecule has 4 amide bonds. The van der Waals surface area contributed by atoms with Crippen molar-refractivity contribution in [2.45, 2.75) is 73.5 Å². The first-order valence-corrected chi connectivity index (χ1v) is 12.9. The maximum Gasteiger partial charge on any atom is 0.312 e. The van der Waals surface area contributed by atoms with Gasteiger partial charge in [0, 0.05) is 90.0 Å². The number of amides is 4. The molecule has 0 saturated heterocycles. The molecule has 5 N–H and O–H groups in total. The number of ether oxygens (including phenoxy) is 1. The number of hydrogen-bond acceptors (Lipinski definition) is 7. The van der Waals surface area contributed by atoms with Gasteiger partial charge in [-0.3, -0.25) is 20.7 Å². The van der Waals surface area contributed by atoms with E-state index in [1.165, 1.54) is 0 Å². The Morgan fingerprint density at radius 2 is 1.47 bits per heavy atom. The van der Waals surface area contributed by atoms with Gasteiger partial charge >= 0.3 is 12.0 Å². The predicted octanol–water partition coefficient (Wildman–Crippen LogP) is 3.68. The van der Waals surface area contributed by atoms with E-state index in [1.54, 1.807) is 78.5 Å². The number of urea groups is 1. The van der Waals surface area contributed by atoms with Gasteiger partial charge in [0.05, 0.1) is 12.0 Å². The zero-order valence-electron chi connectivity index (χ0n) is 26.8. The molecule has 0 fully saturated rings. The van der Waals surface area contributed by atoms with Crippen LogP contribution in [0.1, 0.15) is 66.4 Å². The summed E-state index contributed by atoms with van der Waals surface area (Å²) in [4.78, 5) is 68.3. The Hall–Kier alpha value is -1.55. The molecule has 0 unspecified atom stereocenters. The summed E-state index contributed by atoms with van der Waals surface area (Å²) in [5.74, 6) is -1.90. The second-order valence-electron chi connectivity index (χ2n) is 9.99. The largest absolute Gasteiger partial charge is 0.542 e. The first-order chi connectivity index (χ1) is 18.3. The normalized spacial score (nSPS) is 10.9. The smallest absolute Gasteiger partial charge is 0.312 e. The second kappa shape index (κ2) is 29.2. The summed E-state index contributed by atoms with van der Waals surface area (Å²) in [6.45, 7) is 11.1. The molecule has 11 nitrogen and oxygen atoms in total. The van der Waals surface area contributed by atoms with E-state index in [0.29, 0.717) is 18.5 Å². The molecule has 0 aliphatic carbocycles. The number of anilines is 1. The van der Waals surface area contributed by atoms with Crippen LogP contribution in [0.4, 0.5) is 10.5 Å². The fraction of sp³-hybridized carbons (Fsp3) is 0.533. The minimum absolute atomic E-state index is 0. The van der Waals surface area contributed by atoms with Gasteiger partial charge in [-0.1, -0.05) is 53.7 Å². The number of Topliss-reactive ketones (excluding diaryl/α,β-unsaturated/α-hetero) is 1. The Morgan fingerprint density at radius 3 is 1.88 bits per heavy atom. The fourth-order valence-electron chi connectivity index (χ4n) is 3.19. The van der Waals surface area contributed by atoms with Crippen LogP contribution in [0, 0.1) is 38.5 Å². The molecular formula is C30H48N4O7Y2-4. The molecule has 0 heterocycles. The van der Waals surface area contributed by atoms with Crippen molar-refractivity contribution < 1.29 is 98.9 Å². The fourth-order valence-corrected chi connectivity index (χ4v) is 3.19. The molecule has 0 aromatic heterocycles. The van der Waals surface area contributed by atoms with Gasteiger partial charge in [0.15, 0.2) is 5.78 Å². The molecule has 240 valence electrons. The van der Waals surface area contributed by atoms with Gasteiger partial charge in [-0.05, 0) is 36.5 Å². The number of esters is 1. The summed E-state index contributed by atoms with van der Waals surface area (Å²) in [6.07, 6.45) is 4.02. The van der Waals surface area contributed by atoms with Crippen LogP contribution in [0.25, 0.3) is 0 Å². The van der Waals surface area contributed by atoms with Crippen LogP contribution in [0.5, 0.6) is 0 Å². The molecule has 0 spiro atoms. The van der Waals surface area contributed by atoms with Crippen LogP contribution in [0.2, 0.25) is 0 Å². The molecule has 0 bridgehead atoms. The van der Waals surface area contributed by atoms with Gasteiger partial charge in [-0.2, -0.15) is 6.41 Å². The van der Waals surface area contributed by atoms with Gasteiger partial charge in [0.2, 0.25) is 5.91 Å². The third-order valence-electron chi connectivity index (χ3n) is 5.38. The van der Waals surface area contributed by atoms with E-state index in [0.717, 1.165) is 5.56 Å². The van der Waals surface area contributed by atoms with Crippen molar-refractivity contribution in [2.24, 2.45) is 29.4 Å². The number of primary amides is 1. The monoisotopic (exact) mass is 754 g/mol. The molecule has 0 aliphatic heterocycles. The van der Waals surface area contributed by atoms with Crippen molar-refractivity contribution in [1.82, 2.24) is 10.6 Å². The zero-order valence-corrected chi connectivity index (χ0v) is 32.5. The Kier molecular flexibility index (Phi) is 34.6. The Bertz CT molecular complexity index is 943. The summed E-state index contributed by atoms with van der Waals surface area (Å²) in [5.41, 5.74) is 6.36. The van der Waals surface area contributed by atoms with Crippen molar-refractivity contribution in [3.8, 4) is 0 Å². The van der Waals surface area contributed by atoms with Gasteiger partial charge in [-0.25, -0.2) is 4.79 Å². The quantitative estimate of drug-likeness (QED) is 0.0863. The molecule has 1 aromatic rings. The molecule has 0 saturated carbocycles. The van der Waals surface area contributed by atoms with Crippen molar-refractivity contribution in [3.63, 3.8) is 0 Å². The number of carbonyl (C=O) groups excluding carboxylic acids is 6. The van der Waals surface area contributed by atoms with Crippen LogP contribution < -0.4 is 21.7 Å². The van der Waals surface area contributed by atoms with Crippen LogP contribution in [0.15, 0.2) is 24.3 Å². The van der Waals surface area contributed by atoms with Crippen molar-refractivity contribution in [1.29, 1.82) is 0 Å². The van der Waals surface area contributed by atoms with Crippen LogP contribution in [0.3, 0.4) is 0 Å². The molecule has 13 heteroatoms. The predicted molar refractivity (Wildman–Crippen MR) is 160 cm³/mol. The summed E-state index contributed by atoms with van der Waals surface area (Å²) in [5, 5.41) is 7.65. The van der Waals surface area contributed by atoms with E-state index in [2.05, 4.69) is 16.0 Å². The first kappa shape index (κ1) is 51.0. The average molecular weight is 755 g/mol. The van der Waals surface area contributed by atoms with Gasteiger partial charge < -0.3 is 50.9 Å². The van der Waals surface area contributed by atoms with Gasteiger partial charge in [0.1, 0.15) is 6.61 Å². The molecule has 2 atom stereocenters. The molecular weight excluding hydrogens is 706 g/mol. The van der Waals surface area contributed by atoms with Crippen molar-refractivity contribution in [3.05, 3.63) is 44.7 Å². The summed E-state index contributed by atoms with van der Waals surface area (Å²) in [7, 11) is 0. The standard InChI is InChI=1S/C24H35N4O6.C4H7O.2CH3.2Y/c1-15(2)21(27-14-29)20(30)12-18(6-5-11-26-24(25)33)22(31)28-19-9-7-17(8-10-19)13-34-23(32)16(3)4;1-4(2)3-5;;;;/h7-10,15-16,18,21H,5-6,11-13H2,1-4H3,(H,27,29)(H,28,31)(H3,25,26,33);4H,1-2H3;2*1H3;;/q4*-1;;/t18-,21+;;;;;/m1...../s1. The molecule has 0 aliphatic rings. The van der Waals surface area contributed by atoms with Crippen molar-refractivity contribution >= 4 is 42.1 Å². The number of rotatable bonds is 16. The second-order valence-corrected chi connectivity index (χ2v) is 9.99. The first-order valence-electron chi connectivity index (χ1n) is 12.9. The Balaban J connectivity index is -0.000000492. The summed E-state index contributed by atoms with van der Waals surface area (Å²) >= 11 is 0. The SMILES string of the molecule is CC(C)C(=O)OCc1ccc(NC(=O)[C@H](CCCNC(N)=O)CC(=O)[C@@H](N[C-]=O)C(C)C)cc1.CC(C)[C-]=O.[CH3-].[CH3-].[Y].[Y]. The van der Waals surface area contributed by atoms with E-state index < -0.39 is 18.0 Å². The van der Waals surface area contributed by atoms with Crippen LogP contribution >= 0.6 is 0 Å². The average Bonchev–Trinajstić information content (AvgIpc) is 2.88. The minimum Gasteiger partial charge on any atom is -0.542 e. The Morgan fingerprint density at radius 1 is 0.930 bits per heavy atom. The molecule has 2 radical (unpaired) electrons. The van der Waals surface area contributed by atoms with E-state index in [-0.39, 0.29) is 135 Å². The zero-order chi connectivity index (χ0) is 30.0. The maximum atomic E-state index is 13.0. The van der Waals surface area contributed by atoms with Crippen molar-refractivity contribution in [2.75, 3.05) is 11.9 Å². The minimum atomic E-state index is -0.746. The number of ketones is 1. The van der Waals surface area contributed by atoms with Crippen LogP contribution in [-0.4, -0.2) is 49.0 Å². The van der Waals surface area contributed by atoms with E-state index in [4.69, 9.17) is 10.5 Å². The third kappa shape index (κ3) is 24.5. The number of hydrogen-bond donors (Lipinski definition) is 4. The van der Waals surface area contributed by atoms with Gasteiger partial charge in [0.25, 0.3) is 0 Å². The summed E-state index contributed by atoms with van der Waals surface area (Å²) in [6, 6.07) is 5.43. The third-order valence-corrected chi connectivity index (χ3v) is 5.38. The van der Waals surface area contributed by atoms with Crippen LogP contribution in [-0.2, 0) is 101 Å². The van der Waals surface area contributed by atoms with E-state index in [1.807, 2.05) is 0 Å². The molecule has 43 heavy (non-hydrogen) atoms. The molecule has 1 aromatic carbocycles. The number of nitrogens with two attached hydrogens (primary N) is 1. The van der Waals surface area contributed by atoms with Gasteiger partial charge in [-0.15, -0.1) is 5.92 Å². The Labute approximate surface area is 308 Å². The number of carbonyl (C=O) groups is 4. The number of nitrogens with one attached hydrogen (secondary N) is 3. The topological polar surface area (TPSA) is 174 Å². The van der Waals surface area contributed by atoms with E-state index >= 15 is 0 Å². The number of benzene rings is 1. The van der Waals surface area contributed by atoms with E-state index in [9.17, 15) is 28.8 Å².